The number of carbonyl (C=O) groups is 1. The number of benzene rings is 2. The van der Waals surface area contributed by atoms with Gasteiger partial charge in [0.15, 0.2) is 0 Å². The topological polar surface area (TPSA) is 54.9 Å². The summed E-state index contributed by atoms with van der Waals surface area (Å²) in [6.07, 6.45) is 2.11. The zero-order valence-electron chi connectivity index (χ0n) is 13.6. The van der Waals surface area contributed by atoms with E-state index in [0.29, 0.717) is 6.42 Å². The predicted octanol–water partition coefficient (Wildman–Crippen LogP) is 5.30. The van der Waals surface area contributed by atoms with Crippen LogP contribution in [-0.2, 0) is 11.2 Å². The number of carbonyl (C=O) groups excluding carboxylic acids is 1. The molecule has 1 N–H and O–H groups in total. The van der Waals surface area contributed by atoms with Crippen molar-refractivity contribution in [3.05, 3.63) is 76.9 Å². The molecule has 0 bridgehead atoms. The lowest BCUT2D eigenvalue weighted by atomic mass is 10.1. The van der Waals surface area contributed by atoms with E-state index in [9.17, 15) is 4.79 Å². The smallest absolute Gasteiger partial charge is 0.228 e. The summed E-state index contributed by atoms with van der Waals surface area (Å²) < 4.78 is 0.970. The zero-order chi connectivity index (χ0) is 17.9. The molecule has 0 saturated carbocycles. The average molecular weight is 424 g/mol. The maximum Gasteiger partial charge on any atom is 0.228 e. The highest BCUT2D eigenvalue weighted by Gasteiger charge is 2.08. The molecule has 26 heavy (non-hydrogen) atoms. The molecule has 2 aromatic heterocycles. The minimum Gasteiger partial charge on any atom is -0.326 e. The third-order valence-corrected chi connectivity index (χ3v) is 5.36. The Kier molecular flexibility index (Phi) is 4.77. The van der Waals surface area contributed by atoms with E-state index in [1.54, 1.807) is 17.5 Å². The SMILES string of the molecule is O=C(Cc1cccc(Br)c1)Nc1ccc(-c2nc3cccnc3s2)cc1. The lowest BCUT2D eigenvalue weighted by Crippen LogP contribution is -2.14. The second-order valence-corrected chi connectivity index (χ2v) is 7.67. The molecule has 2 aromatic carbocycles. The summed E-state index contributed by atoms with van der Waals surface area (Å²) in [5.74, 6) is -0.0416. The van der Waals surface area contributed by atoms with Gasteiger partial charge in [0.05, 0.1) is 6.42 Å². The lowest BCUT2D eigenvalue weighted by molar-refractivity contribution is -0.115. The van der Waals surface area contributed by atoms with E-state index in [2.05, 4.69) is 31.2 Å². The number of halogens is 1. The maximum atomic E-state index is 12.2. The van der Waals surface area contributed by atoms with Crippen LogP contribution in [-0.4, -0.2) is 15.9 Å². The Labute approximate surface area is 163 Å². The van der Waals surface area contributed by atoms with Crippen LogP contribution < -0.4 is 5.32 Å². The van der Waals surface area contributed by atoms with E-state index < -0.39 is 0 Å². The molecule has 6 heteroatoms. The molecule has 0 spiro atoms. The van der Waals surface area contributed by atoms with Crippen molar-refractivity contribution < 1.29 is 4.79 Å². The van der Waals surface area contributed by atoms with Gasteiger partial charge in [-0.25, -0.2) is 9.97 Å². The van der Waals surface area contributed by atoms with Gasteiger partial charge in [0.1, 0.15) is 15.4 Å². The van der Waals surface area contributed by atoms with Gasteiger partial charge in [0, 0.05) is 21.9 Å². The fraction of sp³-hybridized carbons (Fsp3) is 0.0500. The molecule has 0 fully saturated rings. The predicted molar refractivity (Wildman–Crippen MR) is 109 cm³/mol. The molecule has 4 rings (SSSR count). The lowest BCUT2D eigenvalue weighted by Gasteiger charge is -2.06. The van der Waals surface area contributed by atoms with Crippen LogP contribution in [0, 0.1) is 0 Å². The van der Waals surface area contributed by atoms with Crippen molar-refractivity contribution in [2.75, 3.05) is 5.32 Å². The van der Waals surface area contributed by atoms with Gasteiger partial charge in [-0.2, -0.15) is 0 Å². The number of hydrogen-bond acceptors (Lipinski definition) is 4. The molecule has 4 nitrogen and oxygen atoms in total. The number of nitrogens with zero attached hydrogens (tertiary/aromatic N) is 2. The molecule has 0 aliphatic rings. The quantitative estimate of drug-likeness (QED) is 0.484. The summed E-state index contributed by atoms with van der Waals surface area (Å²) in [5.41, 5.74) is 3.65. The molecule has 1 amide bonds. The third kappa shape index (κ3) is 3.81. The first-order valence-electron chi connectivity index (χ1n) is 8.04. The molecule has 2 heterocycles. The van der Waals surface area contributed by atoms with E-state index >= 15 is 0 Å². The van der Waals surface area contributed by atoms with Crippen LogP contribution in [0.5, 0.6) is 0 Å². The Morgan fingerprint density at radius 1 is 1.08 bits per heavy atom. The number of anilines is 1. The van der Waals surface area contributed by atoms with Gasteiger partial charge >= 0.3 is 0 Å². The number of rotatable bonds is 4. The number of thiazole rings is 1. The number of hydrogen-bond donors (Lipinski definition) is 1. The first kappa shape index (κ1) is 16.9. The number of fused-ring (bicyclic) bond motifs is 1. The molecule has 0 saturated heterocycles. The zero-order valence-corrected chi connectivity index (χ0v) is 16.0. The summed E-state index contributed by atoms with van der Waals surface area (Å²) in [4.78, 5) is 22.1. The Balaban J connectivity index is 1.46. The van der Waals surface area contributed by atoms with Crippen LogP contribution in [0.1, 0.15) is 5.56 Å². The van der Waals surface area contributed by atoms with Crippen molar-refractivity contribution in [2.24, 2.45) is 0 Å². The summed E-state index contributed by atoms with van der Waals surface area (Å²) >= 11 is 4.98. The van der Waals surface area contributed by atoms with Gasteiger partial charge in [-0.15, -0.1) is 0 Å². The highest BCUT2D eigenvalue weighted by atomic mass is 79.9. The van der Waals surface area contributed by atoms with Crippen molar-refractivity contribution >= 4 is 49.2 Å². The van der Waals surface area contributed by atoms with E-state index in [1.807, 2.05) is 60.7 Å². The third-order valence-electron chi connectivity index (χ3n) is 3.84. The summed E-state index contributed by atoms with van der Waals surface area (Å²) in [7, 11) is 0. The van der Waals surface area contributed by atoms with Crippen molar-refractivity contribution in [3.63, 3.8) is 0 Å². The number of pyridine rings is 1. The maximum absolute atomic E-state index is 12.2. The van der Waals surface area contributed by atoms with E-state index in [-0.39, 0.29) is 5.91 Å². The van der Waals surface area contributed by atoms with E-state index in [1.165, 1.54) is 0 Å². The summed E-state index contributed by atoms with van der Waals surface area (Å²) in [6, 6.07) is 19.3. The minimum absolute atomic E-state index is 0.0416. The van der Waals surface area contributed by atoms with Crippen molar-refractivity contribution in [1.82, 2.24) is 9.97 Å². The van der Waals surface area contributed by atoms with Gasteiger partial charge in [-0.05, 0) is 54.1 Å². The van der Waals surface area contributed by atoms with Crippen molar-refractivity contribution in [3.8, 4) is 10.6 Å². The summed E-state index contributed by atoms with van der Waals surface area (Å²) in [6.45, 7) is 0. The van der Waals surface area contributed by atoms with Gasteiger partial charge in [0.2, 0.25) is 5.91 Å². The van der Waals surface area contributed by atoms with Crippen molar-refractivity contribution in [1.29, 1.82) is 0 Å². The highest BCUT2D eigenvalue weighted by Crippen LogP contribution is 2.29. The second kappa shape index (κ2) is 7.35. The average Bonchev–Trinajstić information content (AvgIpc) is 3.06. The Bertz CT molecular complexity index is 1040. The molecule has 4 aromatic rings. The first-order chi connectivity index (χ1) is 12.7. The minimum atomic E-state index is -0.0416. The van der Waals surface area contributed by atoms with Crippen LogP contribution in [0.4, 0.5) is 5.69 Å². The van der Waals surface area contributed by atoms with Gasteiger partial charge < -0.3 is 5.32 Å². The molecular weight excluding hydrogens is 410 g/mol. The normalized spacial score (nSPS) is 10.8. The molecule has 0 atom stereocenters. The fourth-order valence-electron chi connectivity index (χ4n) is 2.63. The van der Waals surface area contributed by atoms with E-state index in [0.717, 1.165) is 36.6 Å². The van der Waals surface area contributed by atoms with Gasteiger partial charge in [-0.1, -0.05) is 39.4 Å². The van der Waals surface area contributed by atoms with Crippen LogP contribution in [0.15, 0.2) is 71.3 Å². The van der Waals surface area contributed by atoms with Gasteiger partial charge in [-0.3, -0.25) is 4.79 Å². The Hall–Kier alpha value is -2.57. The molecule has 128 valence electrons. The fourth-order valence-corrected chi connectivity index (χ4v) is 3.99. The number of nitrogens with one attached hydrogen (secondary N) is 1. The Morgan fingerprint density at radius 3 is 2.69 bits per heavy atom. The number of amides is 1. The van der Waals surface area contributed by atoms with Gasteiger partial charge in [0.25, 0.3) is 0 Å². The number of aromatic nitrogens is 2. The largest absolute Gasteiger partial charge is 0.326 e. The molecular formula is C20H14BrN3OS. The standard InChI is InChI=1S/C20H14BrN3OS/c21-15-4-1-3-13(11-15)12-18(25)23-16-8-6-14(7-9-16)19-24-17-5-2-10-22-20(17)26-19/h1-11H,12H2,(H,23,25). The first-order valence-corrected chi connectivity index (χ1v) is 9.65. The van der Waals surface area contributed by atoms with E-state index in [4.69, 9.17) is 0 Å². The van der Waals surface area contributed by atoms with Crippen LogP contribution >= 0.6 is 27.3 Å². The summed E-state index contributed by atoms with van der Waals surface area (Å²) in [5, 5.41) is 3.85. The van der Waals surface area contributed by atoms with Crippen molar-refractivity contribution in [2.45, 2.75) is 6.42 Å². The molecule has 0 radical (unpaired) electrons. The highest BCUT2D eigenvalue weighted by molar-refractivity contribution is 9.10. The Morgan fingerprint density at radius 2 is 1.92 bits per heavy atom. The van der Waals surface area contributed by atoms with Crippen LogP contribution in [0.3, 0.4) is 0 Å². The second-order valence-electron chi connectivity index (χ2n) is 5.78. The monoisotopic (exact) mass is 423 g/mol. The van der Waals surface area contributed by atoms with Crippen LogP contribution in [0.2, 0.25) is 0 Å². The molecule has 0 unspecified atom stereocenters. The molecule has 0 aliphatic heterocycles. The van der Waals surface area contributed by atoms with Crippen LogP contribution in [0.25, 0.3) is 20.9 Å². The molecule has 0 aliphatic carbocycles.